The smallest absolute Gasteiger partial charge is 0.271 e. The van der Waals surface area contributed by atoms with Crippen LogP contribution in [0.25, 0.3) is 11.3 Å². The van der Waals surface area contributed by atoms with Crippen LogP contribution in [0.1, 0.15) is 10.4 Å². The highest BCUT2D eigenvalue weighted by molar-refractivity contribution is 6.35. The molecule has 150 valence electrons. The number of nitro benzene ring substituents is 1. The fraction of sp³-hybridized carbons (Fsp3) is 0.105. The van der Waals surface area contributed by atoms with Gasteiger partial charge in [0.05, 0.1) is 26.2 Å². The van der Waals surface area contributed by atoms with E-state index in [4.69, 9.17) is 27.6 Å². The highest BCUT2D eigenvalue weighted by Crippen LogP contribution is 2.36. The van der Waals surface area contributed by atoms with Crippen LogP contribution in [0.4, 0.5) is 17.3 Å². The zero-order chi connectivity index (χ0) is 21.3. The van der Waals surface area contributed by atoms with E-state index >= 15 is 0 Å². The Labute approximate surface area is 175 Å². The van der Waals surface area contributed by atoms with Gasteiger partial charge in [0.25, 0.3) is 11.6 Å². The number of phenolic OH excluding ortho intramolecular Hbond substituents is 1. The summed E-state index contributed by atoms with van der Waals surface area (Å²) in [7, 11) is 3.64. The molecule has 1 heterocycles. The van der Waals surface area contributed by atoms with E-state index in [9.17, 15) is 20.0 Å². The first-order chi connectivity index (χ1) is 13.7. The van der Waals surface area contributed by atoms with Crippen LogP contribution in [-0.2, 0) is 0 Å². The van der Waals surface area contributed by atoms with Crippen molar-refractivity contribution in [1.29, 1.82) is 0 Å². The molecule has 0 aliphatic rings. The minimum absolute atomic E-state index is 0.0124. The van der Waals surface area contributed by atoms with Crippen molar-refractivity contribution in [3.63, 3.8) is 0 Å². The number of hydrogen-bond acceptors (Lipinski definition) is 6. The largest absolute Gasteiger partial charge is 0.507 e. The summed E-state index contributed by atoms with van der Waals surface area (Å²) >= 11 is 12.3. The lowest BCUT2D eigenvalue weighted by atomic mass is 10.1. The Bertz CT molecular complexity index is 1110. The Morgan fingerprint density at radius 3 is 2.45 bits per heavy atom. The van der Waals surface area contributed by atoms with Crippen LogP contribution in [0.3, 0.4) is 0 Å². The molecule has 0 aliphatic carbocycles. The maximum absolute atomic E-state index is 12.5. The molecule has 0 radical (unpaired) electrons. The molecule has 2 N–H and O–H groups in total. The number of aromatic hydroxyl groups is 1. The number of carbonyl (C=O) groups is 1. The standard InChI is InChI=1S/C19H15Cl2N3O5/c1-23(2)18-6-5-17(29-18)11-9-16(25)12(8-13(11)20)19(26)22-15-4-3-10(24(27)28)7-14(15)21/h3-9,25H,1-2H3,(H,22,26). The average Bonchev–Trinajstić information content (AvgIpc) is 3.15. The molecule has 2 aromatic carbocycles. The predicted octanol–water partition coefficient (Wildman–Crippen LogP) is 5.19. The van der Waals surface area contributed by atoms with Gasteiger partial charge in [0, 0.05) is 37.9 Å². The Kier molecular flexibility index (Phi) is 5.67. The predicted molar refractivity (Wildman–Crippen MR) is 111 cm³/mol. The number of carbonyl (C=O) groups excluding carboxylic acids is 1. The van der Waals surface area contributed by atoms with Crippen LogP contribution in [-0.4, -0.2) is 30.0 Å². The lowest BCUT2D eigenvalue weighted by Crippen LogP contribution is -2.12. The zero-order valence-electron chi connectivity index (χ0n) is 15.3. The van der Waals surface area contributed by atoms with Gasteiger partial charge in [-0.1, -0.05) is 23.2 Å². The van der Waals surface area contributed by atoms with Gasteiger partial charge < -0.3 is 19.7 Å². The summed E-state index contributed by atoms with van der Waals surface area (Å²) in [5, 5.41) is 23.8. The van der Waals surface area contributed by atoms with E-state index < -0.39 is 10.8 Å². The Morgan fingerprint density at radius 2 is 1.86 bits per heavy atom. The maximum atomic E-state index is 12.5. The van der Waals surface area contributed by atoms with Crippen LogP contribution in [0.15, 0.2) is 46.9 Å². The minimum atomic E-state index is -0.680. The van der Waals surface area contributed by atoms with Gasteiger partial charge in [0.15, 0.2) is 5.88 Å². The molecule has 0 fully saturated rings. The number of nitrogens with zero attached hydrogens (tertiary/aromatic N) is 2. The first-order valence-electron chi connectivity index (χ1n) is 8.22. The Balaban J connectivity index is 1.88. The van der Waals surface area contributed by atoms with E-state index in [1.54, 1.807) is 17.0 Å². The van der Waals surface area contributed by atoms with Crippen molar-refractivity contribution in [2.45, 2.75) is 0 Å². The first kappa shape index (κ1) is 20.5. The van der Waals surface area contributed by atoms with Gasteiger partial charge in [-0.05, 0) is 24.3 Å². The van der Waals surface area contributed by atoms with Crippen molar-refractivity contribution in [1.82, 2.24) is 0 Å². The molecule has 1 aromatic heterocycles. The number of nitro groups is 1. The molecule has 0 bridgehead atoms. The number of hydrogen-bond donors (Lipinski definition) is 2. The number of benzene rings is 2. The summed E-state index contributed by atoms with van der Waals surface area (Å²) in [6.07, 6.45) is 0. The van der Waals surface area contributed by atoms with Crippen molar-refractivity contribution in [2.24, 2.45) is 0 Å². The first-order valence-corrected chi connectivity index (χ1v) is 8.98. The third kappa shape index (κ3) is 4.28. The topological polar surface area (TPSA) is 109 Å². The molecule has 0 saturated carbocycles. The number of amides is 1. The van der Waals surface area contributed by atoms with Gasteiger partial charge in [-0.3, -0.25) is 14.9 Å². The van der Waals surface area contributed by atoms with E-state index in [2.05, 4.69) is 5.32 Å². The summed E-state index contributed by atoms with van der Waals surface area (Å²) in [6, 6.07) is 9.71. The highest BCUT2D eigenvalue weighted by Gasteiger charge is 2.19. The monoisotopic (exact) mass is 435 g/mol. The van der Waals surface area contributed by atoms with E-state index in [0.29, 0.717) is 17.2 Å². The van der Waals surface area contributed by atoms with Gasteiger partial charge in [0.2, 0.25) is 0 Å². The number of furan rings is 1. The maximum Gasteiger partial charge on any atom is 0.271 e. The SMILES string of the molecule is CN(C)c1ccc(-c2cc(O)c(C(=O)Nc3ccc([N+](=O)[O-])cc3Cl)cc2Cl)o1. The fourth-order valence-corrected chi connectivity index (χ4v) is 3.03. The van der Waals surface area contributed by atoms with Crippen LogP contribution < -0.4 is 10.2 Å². The van der Waals surface area contributed by atoms with Crippen LogP contribution in [0.5, 0.6) is 5.75 Å². The quantitative estimate of drug-likeness (QED) is 0.421. The summed E-state index contributed by atoms with van der Waals surface area (Å²) in [5.41, 5.74) is 0.275. The lowest BCUT2D eigenvalue weighted by Gasteiger charge is -2.11. The van der Waals surface area contributed by atoms with Crippen molar-refractivity contribution in [3.05, 3.63) is 68.2 Å². The molecule has 1 amide bonds. The molecular weight excluding hydrogens is 421 g/mol. The van der Waals surface area contributed by atoms with Crippen molar-refractivity contribution >= 4 is 46.4 Å². The van der Waals surface area contributed by atoms with Crippen molar-refractivity contribution in [2.75, 3.05) is 24.3 Å². The number of non-ortho nitro benzene ring substituents is 1. The normalized spacial score (nSPS) is 10.6. The Hall–Kier alpha value is -3.23. The fourth-order valence-electron chi connectivity index (χ4n) is 2.55. The molecule has 0 spiro atoms. The van der Waals surface area contributed by atoms with E-state index in [1.165, 1.54) is 24.3 Å². The molecule has 0 unspecified atom stereocenters. The van der Waals surface area contributed by atoms with E-state index in [1.807, 2.05) is 14.1 Å². The van der Waals surface area contributed by atoms with Crippen LogP contribution in [0.2, 0.25) is 10.0 Å². The number of anilines is 2. The molecule has 0 saturated heterocycles. The van der Waals surface area contributed by atoms with Gasteiger partial charge in [-0.15, -0.1) is 0 Å². The molecular formula is C19H15Cl2N3O5. The van der Waals surface area contributed by atoms with Crippen LogP contribution >= 0.6 is 23.2 Å². The second kappa shape index (κ2) is 8.02. The third-order valence-electron chi connectivity index (χ3n) is 4.04. The molecule has 29 heavy (non-hydrogen) atoms. The number of nitrogens with one attached hydrogen (secondary N) is 1. The molecule has 10 heteroatoms. The van der Waals surface area contributed by atoms with E-state index in [-0.39, 0.29) is 32.7 Å². The zero-order valence-corrected chi connectivity index (χ0v) is 16.8. The molecule has 3 aromatic rings. The summed E-state index contributed by atoms with van der Waals surface area (Å²) in [6.45, 7) is 0. The summed E-state index contributed by atoms with van der Waals surface area (Å²) in [5.74, 6) is 0.0347. The molecule has 0 aliphatic heterocycles. The minimum Gasteiger partial charge on any atom is -0.507 e. The van der Waals surface area contributed by atoms with Crippen molar-refractivity contribution in [3.8, 4) is 17.1 Å². The van der Waals surface area contributed by atoms with Crippen molar-refractivity contribution < 1.29 is 19.2 Å². The van der Waals surface area contributed by atoms with E-state index in [0.717, 1.165) is 6.07 Å². The van der Waals surface area contributed by atoms with Crippen LogP contribution in [0, 0.1) is 10.1 Å². The Morgan fingerprint density at radius 1 is 1.14 bits per heavy atom. The van der Waals surface area contributed by atoms with Gasteiger partial charge in [-0.25, -0.2) is 0 Å². The second-order valence-corrected chi connectivity index (χ2v) is 7.07. The third-order valence-corrected chi connectivity index (χ3v) is 4.67. The second-order valence-electron chi connectivity index (χ2n) is 6.26. The van der Waals surface area contributed by atoms with Gasteiger partial charge in [0.1, 0.15) is 11.5 Å². The summed E-state index contributed by atoms with van der Waals surface area (Å²) < 4.78 is 5.67. The highest BCUT2D eigenvalue weighted by atomic mass is 35.5. The summed E-state index contributed by atoms with van der Waals surface area (Å²) in [4.78, 5) is 24.5. The van der Waals surface area contributed by atoms with Gasteiger partial charge in [-0.2, -0.15) is 0 Å². The number of halogens is 2. The lowest BCUT2D eigenvalue weighted by molar-refractivity contribution is -0.384. The molecule has 0 atom stereocenters. The molecule has 8 nitrogen and oxygen atoms in total. The number of rotatable bonds is 5. The average molecular weight is 436 g/mol. The van der Waals surface area contributed by atoms with Gasteiger partial charge >= 0.3 is 0 Å². The number of phenols is 1. The molecule has 3 rings (SSSR count).